The first-order valence-electron chi connectivity index (χ1n) is 7.43. The predicted octanol–water partition coefficient (Wildman–Crippen LogP) is 2.27. The van der Waals surface area contributed by atoms with Crippen LogP contribution in [0.15, 0.2) is 24.3 Å². The van der Waals surface area contributed by atoms with Gasteiger partial charge in [0.25, 0.3) is 5.91 Å². The summed E-state index contributed by atoms with van der Waals surface area (Å²) in [5, 5.41) is 2.81. The molecule has 6 heteroatoms. The van der Waals surface area contributed by atoms with Gasteiger partial charge >= 0.3 is 0 Å². The topological polar surface area (TPSA) is 75.4 Å². The van der Waals surface area contributed by atoms with Gasteiger partial charge in [0.2, 0.25) is 5.91 Å². The third kappa shape index (κ3) is 4.71. The molecule has 122 valence electrons. The van der Waals surface area contributed by atoms with Gasteiger partial charge in [0.15, 0.2) is 0 Å². The molecule has 1 unspecified atom stereocenters. The van der Waals surface area contributed by atoms with Gasteiger partial charge in [0, 0.05) is 36.3 Å². The molecule has 1 saturated heterocycles. The standard InChI is InChI=1S/C16H23N3O2.ClH/c1-11(2)15(20)18-14-7-5-12(6-8-14)16(21)19-9-3-4-13(17)10-19;/h5-8,11,13H,3-4,9-10,17H2,1-2H3,(H,18,20);1H. The Morgan fingerprint density at radius 1 is 1.27 bits per heavy atom. The molecule has 2 amide bonds. The predicted molar refractivity (Wildman–Crippen MR) is 90.3 cm³/mol. The molecule has 0 aliphatic carbocycles. The number of hydrogen-bond donors (Lipinski definition) is 2. The lowest BCUT2D eigenvalue weighted by Gasteiger charge is -2.30. The Bertz CT molecular complexity index is 517. The maximum Gasteiger partial charge on any atom is 0.253 e. The molecule has 1 aliphatic heterocycles. The van der Waals surface area contributed by atoms with Gasteiger partial charge in [0.05, 0.1) is 0 Å². The van der Waals surface area contributed by atoms with Gasteiger partial charge in [-0.1, -0.05) is 13.8 Å². The Hall–Kier alpha value is -1.59. The zero-order chi connectivity index (χ0) is 15.4. The molecular weight excluding hydrogens is 302 g/mol. The van der Waals surface area contributed by atoms with Crippen LogP contribution < -0.4 is 11.1 Å². The fourth-order valence-corrected chi connectivity index (χ4v) is 2.36. The number of halogens is 1. The van der Waals surface area contributed by atoms with Crippen LogP contribution in [0.4, 0.5) is 5.69 Å². The van der Waals surface area contributed by atoms with Gasteiger partial charge in [-0.05, 0) is 37.1 Å². The van der Waals surface area contributed by atoms with E-state index in [9.17, 15) is 9.59 Å². The minimum atomic E-state index is -0.0684. The molecule has 1 aromatic carbocycles. The third-order valence-corrected chi connectivity index (χ3v) is 3.67. The zero-order valence-electron chi connectivity index (χ0n) is 13.0. The van der Waals surface area contributed by atoms with Crippen LogP contribution in [0, 0.1) is 5.92 Å². The Morgan fingerprint density at radius 2 is 1.91 bits per heavy atom. The Labute approximate surface area is 137 Å². The van der Waals surface area contributed by atoms with Crippen molar-refractivity contribution in [2.24, 2.45) is 11.7 Å². The van der Waals surface area contributed by atoms with Gasteiger partial charge in [-0.2, -0.15) is 0 Å². The monoisotopic (exact) mass is 325 g/mol. The van der Waals surface area contributed by atoms with Gasteiger partial charge < -0.3 is 16.0 Å². The minimum Gasteiger partial charge on any atom is -0.337 e. The Kier molecular flexibility index (Phi) is 6.84. The van der Waals surface area contributed by atoms with Crippen LogP contribution in [-0.4, -0.2) is 35.8 Å². The highest BCUT2D eigenvalue weighted by Gasteiger charge is 2.22. The lowest BCUT2D eigenvalue weighted by Crippen LogP contribution is -2.45. The molecule has 1 atom stereocenters. The minimum absolute atomic E-state index is 0. The van der Waals surface area contributed by atoms with Gasteiger partial charge in [-0.3, -0.25) is 9.59 Å². The van der Waals surface area contributed by atoms with E-state index in [2.05, 4.69) is 5.32 Å². The second-order valence-electron chi connectivity index (χ2n) is 5.87. The molecule has 1 fully saturated rings. The number of carbonyl (C=O) groups excluding carboxylic acids is 2. The zero-order valence-corrected chi connectivity index (χ0v) is 13.9. The van der Waals surface area contributed by atoms with E-state index < -0.39 is 0 Å². The average Bonchev–Trinajstić information content (AvgIpc) is 2.47. The highest BCUT2D eigenvalue weighted by Crippen LogP contribution is 2.15. The molecule has 1 heterocycles. The van der Waals surface area contributed by atoms with E-state index in [-0.39, 0.29) is 36.2 Å². The molecule has 3 N–H and O–H groups in total. The summed E-state index contributed by atoms with van der Waals surface area (Å²) in [5.74, 6) is -0.0934. The van der Waals surface area contributed by atoms with Crippen LogP contribution in [-0.2, 0) is 4.79 Å². The molecule has 0 radical (unpaired) electrons. The molecule has 0 bridgehead atoms. The highest BCUT2D eigenvalue weighted by atomic mass is 35.5. The van der Waals surface area contributed by atoms with Crippen LogP contribution in [0.5, 0.6) is 0 Å². The first-order valence-corrected chi connectivity index (χ1v) is 7.43. The van der Waals surface area contributed by atoms with Crippen molar-refractivity contribution in [3.05, 3.63) is 29.8 Å². The summed E-state index contributed by atoms with van der Waals surface area (Å²) >= 11 is 0. The maximum atomic E-state index is 12.4. The first kappa shape index (κ1) is 18.5. The van der Waals surface area contributed by atoms with Crippen LogP contribution in [0.25, 0.3) is 0 Å². The number of carbonyl (C=O) groups is 2. The number of piperidine rings is 1. The summed E-state index contributed by atoms with van der Waals surface area (Å²) in [6, 6.07) is 7.10. The summed E-state index contributed by atoms with van der Waals surface area (Å²) in [6.45, 7) is 5.06. The van der Waals surface area contributed by atoms with E-state index in [4.69, 9.17) is 5.73 Å². The SMILES string of the molecule is CC(C)C(=O)Nc1ccc(C(=O)N2CCCC(N)C2)cc1.Cl. The van der Waals surface area contributed by atoms with Crippen molar-refractivity contribution in [3.8, 4) is 0 Å². The molecule has 0 aromatic heterocycles. The van der Waals surface area contributed by atoms with Crippen molar-refractivity contribution >= 4 is 29.9 Å². The van der Waals surface area contributed by atoms with Crippen LogP contribution in [0.3, 0.4) is 0 Å². The summed E-state index contributed by atoms with van der Waals surface area (Å²) in [7, 11) is 0. The number of benzene rings is 1. The quantitative estimate of drug-likeness (QED) is 0.895. The molecule has 5 nitrogen and oxygen atoms in total. The second-order valence-corrected chi connectivity index (χ2v) is 5.87. The van der Waals surface area contributed by atoms with Crippen LogP contribution >= 0.6 is 12.4 Å². The molecule has 0 saturated carbocycles. The van der Waals surface area contributed by atoms with Crippen molar-refractivity contribution in [2.75, 3.05) is 18.4 Å². The summed E-state index contributed by atoms with van der Waals surface area (Å²) in [4.78, 5) is 25.8. The second kappa shape index (κ2) is 8.15. The number of anilines is 1. The lowest BCUT2D eigenvalue weighted by molar-refractivity contribution is -0.118. The van der Waals surface area contributed by atoms with E-state index in [1.54, 1.807) is 29.2 Å². The van der Waals surface area contributed by atoms with Crippen molar-refractivity contribution in [1.82, 2.24) is 4.90 Å². The highest BCUT2D eigenvalue weighted by molar-refractivity contribution is 5.96. The summed E-state index contributed by atoms with van der Waals surface area (Å²) < 4.78 is 0. The normalized spacial score (nSPS) is 17.8. The largest absolute Gasteiger partial charge is 0.337 e. The maximum absolute atomic E-state index is 12.4. The average molecular weight is 326 g/mol. The fraction of sp³-hybridized carbons (Fsp3) is 0.500. The molecule has 1 aromatic rings. The van der Waals surface area contributed by atoms with Gasteiger partial charge in [-0.15, -0.1) is 12.4 Å². The lowest BCUT2D eigenvalue weighted by atomic mass is 10.1. The van der Waals surface area contributed by atoms with Crippen molar-refractivity contribution in [1.29, 1.82) is 0 Å². The summed E-state index contributed by atoms with van der Waals surface area (Å²) in [5.41, 5.74) is 7.25. The van der Waals surface area contributed by atoms with Crippen molar-refractivity contribution in [3.63, 3.8) is 0 Å². The molecule has 22 heavy (non-hydrogen) atoms. The van der Waals surface area contributed by atoms with E-state index in [1.807, 2.05) is 13.8 Å². The fourth-order valence-electron chi connectivity index (χ4n) is 2.36. The Morgan fingerprint density at radius 3 is 2.45 bits per heavy atom. The number of hydrogen-bond acceptors (Lipinski definition) is 3. The first-order chi connectivity index (χ1) is 9.97. The summed E-state index contributed by atoms with van der Waals surface area (Å²) in [6.07, 6.45) is 1.93. The number of nitrogens with zero attached hydrogens (tertiary/aromatic N) is 1. The number of nitrogens with two attached hydrogens (primary N) is 1. The van der Waals surface area contributed by atoms with Crippen LogP contribution in [0.2, 0.25) is 0 Å². The van der Waals surface area contributed by atoms with Gasteiger partial charge in [0.1, 0.15) is 0 Å². The van der Waals surface area contributed by atoms with E-state index in [0.717, 1.165) is 19.4 Å². The van der Waals surface area contributed by atoms with E-state index in [1.165, 1.54) is 0 Å². The number of nitrogens with one attached hydrogen (secondary N) is 1. The number of amides is 2. The third-order valence-electron chi connectivity index (χ3n) is 3.67. The van der Waals surface area contributed by atoms with Crippen LogP contribution in [0.1, 0.15) is 37.0 Å². The van der Waals surface area contributed by atoms with E-state index in [0.29, 0.717) is 17.8 Å². The molecule has 1 aliphatic rings. The van der Waals surface area contributed by atoms with Crippen molar-refractivity contribution in [2.45, 2.75) is 32.7 Å². The molecule has 2 rings (SSSR count). The number of rotatable bonds is 3. The smallest absolute Gasteiger partial charge is 0.253 e. The molecular formula is C16H24ClN3O2. The van der Waals surface area contributed by atoms with Gasteiger partial charge in [-0.25, -0.2) is 0 Å². The van der Waals surface area contributed by atoms with Crippen molar-refractivity contribution < 1.29 is 9.59 Å². The Balaban J connectivity index is 0.00000242. The number of likely N-dealkylation sites (tertiary alicyclic amines) is 1. The van der Waals surface area contributed by atoms with E-state index >= 15 is 0 Å². The molecule has 0 spiro atoms.